The lowest BCUT2D eigenvalue weighted by Crippen LogP contribution is -2.28. The SMILES string of the molecule is Cc1cc(C(C)(C)CC(C)(C)C)cc(Cc2cc(C(C)(C)CC(C)(C)C)cc(C(C)(C)CC(C)(C)C)c2O)c1O. The van der Waals surface area contributed by atoms with E-state index in [1.165, 1.54) is 11.1 Å². The molecule has 2 aromatic carbocycles. The molecular weight excluding hydrogens is 488 g/mol. The van der Waals surface area contributed by atoms with Crippen molar-refractivity contribution in [2.75, 3.05) is 0 Å². The Bertz CT molecular complexity index is 1190. The van der Waals surface area contributed by atoms with Crippen LogP contribution in [0.4, 0.5) is 0 Å². The van der Waals surface area contributed by atoms with Crippen LogP contribution in [0.5, 0.6) is 11.5 Å². The Balaban J connectivity index is 2.78. The number of hydrogen-bond donors (Lipinski definition) is 2. The highest BCUT2D eigenvalue weighted by molar-refractivity contribution is 5.54. The summed E-state index contributed by atoms with van der Waals surface area (Å²) in [5.41, 5.74) is 6.36. The van der Waals surface area contributed by atoms with Crippen LogP contribution in [0.3, 0.4) is 0 Å². The molecule has 0 fully saturated rings. The number of aryl methyl sites for hydroxylation is 1. The highest BCUT2D eigenvalue weighted by Crippen LogP contribution is 2.46. The maximum absolute atomic E-state index is 11.9. The van der Waals surface area contributed by atoms with Crippen LogP contribution in [-0.4, -0.2) is 10.2 Å². The van der Waals surface area contributed by atoms with Crippen molar-refractivity contribution in [2.24, 2.45) is 16.2 Å². The number of phenolic OH excluding ortho intramolecular Hbond substituents is 2. The molecule has 2 rings (SSSR count). The van der Waals surface area contributed by atoms with Crippen LogP contribution in [0.15, 0.2) is 24.3 Å². The molecule has 0 heterocycles. The molecule has 2 heteroatoms. The van der Waals surface area contributed by atoms with Crippen LogP contribution in [0.2, 0.25) is 0 Å². The smallest absolute Gasteiger partial charge is 0.122 e. The van der Waals surface area contributed by atoms with Gasteiger partial charge >= 0.3 is 0 Å². The van der Waals surface area contributed by atoms with Crippen molar-refractivity contribution in [1.29, 1.82) is 0 Å². The van der Waals surface area contributed by atoms with Crippen LogP contribution in [0, 0.1) is 23.2 Å². The Kier molecular flexibility index (Phi) is 9.44. The van der Waals surface area contributed by atoms with Gasteiger partial charge in [0.1, 0.15) is 11.5 Å². The second kappa shape index (κ2) is 11.0. The van der Waals surface area contributed by atoms with E-state index in [0.29, 0.717) is 17.9 Å². The zero-order valence-corrected chi connectivity index (χ0v) is 29.0. The summed E-state index contributed by atoms with van der Waals surface area (Å²) < 4.78 is 0. The monoisotopic (exact) mass is 550 g/mol. The number of rotatable bonds is 8. The van der Waals surface area contributed by atoms with Crippen LogP contribution in [0.25, 0.3) is 0 Å². The number of phenols is 2. The second-order valence-corrected chi connectivity index (χ2v) is 18.4. The average Bonchev–Trinajstić information content (AvgIpc) is 2.66. The fourth-order valence-electron chi connectivity index (χ4n) is 7.60. The van der Waals surface area contributed by atoms with Gasteiger partial charge in [0.15, 0.2) is 0 Å². The summed E-state index contributed by atoms with van der Waals surface area (Å²) in [5, 5.41) is 23.1. The Morgan fingerprint density at radius 2 is 0.825 bits per heavy atom. The molecule has 226 valence electrons. The number of hydrogen-bond acceptors (Lipinski definition) is 2. The highest BCUT2D eigenvalue weighted by Gasteiger charge is 2.35. The van der Waals surface area contributed by atoms with E-state index in [4.69, 9.17) is 0 Å². The first-order valence-corrected chi connectivity index (χ1v) is 15.3. The molecule has 40 heavy (non-hydrogen) atoms. The van der Waals surface area contributed by atoms with Crippen molar-refractivity contribution in [3.8, 4) is 11.5 Å². The fraction of sp³-hybridized carbons (Fsp3) is 0.684. The number of aromatic hydroxyl groups is 2. The van der Waals surface area contributed by atoms with Crippen molar-refractivity contribution in [3.05, 3.63) is 57.6 Å². The molecule has 0 aliphatic heterocycles. The molecule has 0 aromatic heterocycles. The van der Waals surface area contributed by atoms with E-state index in [9.17, 15) is 10.2 Å². The van der Waals surface area contributed by atoms with Crippen molar-refractivity contribution in [1.82, 2.24) is 0 Å². The maximum atomic E-state index is 11.9. The molecule has 0 saturated carbocycles. The van der Waals surface area contributed by atoms with Gasteiger partial charge in [-0.3, -0.25) is 0 Å². The minimum absolute atomic E-state index is 0.0378. The van der Waals surface area contributed by atoms with Gasteiger partial charge < -0.3 is 10.2 Å². The molecule has 0 atom stereocenters. The Morgan fingerprint density at radius 1 is 0.475 bits per heavy atom. The van der Waals surface area contributed by atoms with Gasteiger partial charge in [-0.25, -0.2) is 0 Å². The molecule has 2 aromatic rings. The lowest BCUT2D eigenvalue weighted by Gasteiger charge is -2.37. The predicted octanol–water partition coefficient (Wildman–Crippen LogP) is 11.1. The van der Waals surface area contributed by atoms with Crippen LogP contribution < -0.4 is 0 Å². The van der Waals surface area contributed by atoms with Crippen molar-refractivity contribution < 1.29 is 10.2 Å². The molecule has 2 nitrogen and oxygen atoms in total. The van der Waals surface area contributed by atoms with E-state index >= 15 is 0 Å². The summed E-state index contributed by atoms with van der Waals surface area (Å²) in [6.07, 6.45) is 3.52. The summed E-state index contributed by atoms with van der Waals surface area (Å²) >= 11 is 0. The minimum Gasteiger partial charge on any atom is -0.507 e. The Hall–Kier alpha value is -1.96. The van der Waals surface area contributed by atoms with Crippen LogP contribution >= 0.6 is 0 Å². The fourth-order valence-corrected chi connectivity index (χ4v) is 7.60. The Labute approximate surface area is 248 Å². The first-order valence-electron chi connectivity index (χ1n) is 15.3. The third-order valence-corrected chi connectivity index (χ3v) is 8.16. The first kappa shape index (κ1) is 34.2. The van der Waals surface area contributed by atoms with E-state index < -0.39 is 0 Å². The molecule has 2 N–H and O–H groups in total. The zero-order valence-electron chi connectivity index (χ0n) is 29.0. The number of benzene rings is 2. The molecule has 0 bridgehead atoms. The summed E-state index contributed by atoms with van der Waals surface area (Å²) in [7, 11) is 0. The quantitative estimate of drug-likeness (QED) is 0.343. The topological polar surface area (TPSA) is 40.5 Å². The minimum atomic E-state index is -0.209. The largest absolute Gasteiger partial charge is 0.507 e. The average molecular weight is 551 g/mol. The van der Waals surface area contributed by atoms with Crippen molar-refractivity contribution in [3.63, 3.8) is 0 Å². The standard InChI is InChI=1S/C38H62O2/c1-25-17-28(36(11,12)22-33(2,3)4)19-26(31(25)39)18-27-20-29(37(13,14)23-34(5,6)7)21-30(32(27)40)38(15,16)24-35(8,9)10/h17,19-21,39-40H,18,22-24H2,1-16H3. The molecule has 0 saturated heterocycles. The van der Waals surface area contributed by atoms with Gasteiger partial charge in [0.2, 0.25) is 0 Å². The van der Waals surface area contributed by atoms with Gasteiger partial charge in [-0.2, -0.15) is 0 Å². The zero-order chi connectivity index (χ0) is 31.3. The normalized spacial score (nSPS) is 14.1. The van der Waals surface area contributed by atoms with E-state index in [-0.39, 0.29) is 32.5 Å². The van der Waals surface area contributed by atoms with E-state index in [1.54, 1.807) is 0 Å². The maximum Gasteiger partial charge on any atom is 0.122 e. The molecule has 0 radical (unpaired) electrons. The summed E-state index contributed by atoms with van der Waals surface area (Å²) in [5.74, 6) is 0.713. The lowest BCUT2D eigenvalue weighted by molar-refractivity contribution is 0.274. The predicted molar refractivity (Wildman–Crippen MR) is 175 cm³/mol. The van der Waals surface area contributed by atoms with Gasteiger partial charge in [0.05, 0.1) is 0 Å². The summed E-state index contributed by atoms with van der Waals surface area (Å²) in [4.78, 5) is 0. The third-order valence-electron chi connectivity index (χ3n) is 8.16. The van der Waals surface area contributed by atoms with E-state index in [1.807, 2.05) is 6.92 Å². The van der Waals surface area contributed by atoms with Gasteiger partial charge in [-0.05, 0) is 86.5 Å². The third kappa shape index (κ3) is 9.02. The van der Waals surface area contributed by atoms with E-state index in [2.05, 4.69) is 128 Å². The van der Waals surface area contributed by atoms with Gasteiger partial charge in [0.25, 0.3) is 0 Å². The highest BCUT2D eigenvalue weighted by atomic mass is 16.3. The Morgan fingerprint density at radius 3 is 1.23 bits per heavy atom. The molecule has 0 unspecified atom stereocenters. The van der Waals surface area contributed by atoms with Gasteiger partial charge in [-0.1, -0.05) is 128 Å². The van der Waals surface area contributed by atoms with Crippen LogP contribution in [-0.2, 0) is 22.7 Å². The van der Waals surface area contributed by atoms with Gasteiger partial charge in [-0.15, -0.1) is 0 Å². The van der Waals surface area contributed by atoms with Gasteiger partial charge in [0, 0.05) is 12.0 Å². The molecule has 0 amide bonds. The lowest BCUT2D eigenvalue weighted by atomic mass is 9.68. The second-order valence-electron chi connectivity index (χ2n) is 18.4. The summed E-state index contributed by atoms with van der Waals surface area (Å²) in [6, 6.07) is 8.80. The summed E-state index contributed by atoms with van der Waals surface area (Å²) in [6.45, 7) is 36.3. The van der Waals surface area contributed by atoms with E-state index in [0.717, 1.165) is 41.5 Å². The molecular formula is C38H62O2. The molecule has 0 spiro atoms. The first-order chi connectivity index (χ1) is 17.6. The van der Waals surface area contributed by atoms with Crippen molar-refractivity contribution >= 4 is 0 Å². The van der Waals surface area contributed by atoms with Crippen molar-refractivity contribution in [2.45, 2.75) is 153 Å². The molecule has 0 aliphatic rings. The van der Waals surface area contributed by atoms with Crippen LogP contribution in [0.1, 0.15) is 156 Å². The molecule has 0 aliphatic carbocycles.